The van der Waals surface area contributed by atoms with Crippen LogP contribution in [0.25, 0.3) is 10.9 Å². The van der Waals surface area contributed by atoms with Gasteiger partial charge in [0.2, 0.25) is 5.91 Å². The van der Waals surface area contributed by atoms with E-state index in [2.05, 4.69) is 28.2 Å². The topological polar surface area (TPSA) is 86.4 Å². The van der Waals surface area contributed by atoms with Crippen molar-refractivity contribution in [3.8, 4) is 17.9 Å². The fraction of sp³-hybridized carbons (Fsp3) is 0.514. The number of fused-ring (bicyclic) bond motifs is 1. The number of alkyl halides is 3. The van der Waals surface area contributed by atoms with Crippen molar-refractivity contribution in [2.75, 3.05) is 58.8 Å². The fourth-order valence-corrected chi connectivity index (χ4v) is 5.63. The number of aromatic nitrogens is 2. The van der Waals surface area contributed by atoms with Gasteiger partial charge in [0, 0.05) is 37.6 Å². The Bertz CT molecular complexity index is 1570. The number of nitrogens with one attached hydrogen (secondary N) is 1. The number of pyridine rings is 1. The molecular weight excluding hydrogens is 593 g/mol. The maximum Gasteiger partial charge on any atom is 0.406 e. The van der Waals surface area contributed by atoms with Gasteiger partial charge in [-0.25, -0.2) is 0 Å². The highest BCUT2D eigenvalue weighted by Crippen LogP contribution is 2.28. The van der Waals surface area contributed by atoms with Crippen molar-refractivity contribution in [3.05, 3.63) is 59.5 Å². The van der Waals surface area contributed by atoms with Gasteiger partial charge in [-0.1, -0.05) is 12.0 Å². The summed E-state index contributed by atoms with van der Waals surface area (Å²) in [6.45, 7) is 5.87. The lowest BCUT2D eigenvalue weighted by molar-refractivity contribution is -0.140. The first-order valence-electron chi connectivity index (χ1n) is 15.6. The number of ether oxygens (including phenoxy) is 1. The van der Waals surface area contributed by atoms with Crippen LogP contribution in [0.4, 0.5) is 18.9 Å². The third-order valence-corrected chi connectivity index (χ3v) is 8.47. The summed E-state index contributed by atoms with van der Waals surface area (Å²) >= 11 is 0. The van der Waals surface area contributed by atoms with E-state index in [1.54, 1.807) is 51.4 Å². The molecule has 0 saturated carbocycles. The summed E-state index contributed by atoms with van der Waals surface area (Å²) in [6, 6.07) is 13.2. The third kappa shape index (κ3) is 9.72. The molecule has 1 amide bonds. The van der Waals surface area contributed by atoms with Crippen LogP contribution in [0.5, 0.6) is 0 Å². The van der Waals surface area contributed by atoms with Gasteiger partial charge in [0.05, 0.1) is 54.5 Å². The largest absolute Gasteiger partial charge is 0.406 e. The molecule has 0 radical (unpaired) electrons. The molecule has 1 aliphatic rings. The van der Waals surface area contributed by atoms with E-state index in [1.807, 2.05) is 29.0 Å². The number of nitrogens with zero attached hydrogens (tertiary/aromatic N) is 5. The normalized spacial score (nSPS) is 14.3. The Morgan fingerprint density at radius 2 is 1.93 bits per heavy atom. The van der Waals surface area contributed by atoms with Gasteiger partial charge in [0.25, 0.3) is 0 Å². The summed E-state index contributed by atoms with van der Waals surface area (Å²) in [5, 5.41) is 13.1. The molecule has 2 aromatic heterocycles. The maximum absolute atomic E-state index is 13.5. The molecule has 0 spiro atoms. The average Bonchev–Trinajstić information content (AvgIpc) is 3.36. The molecule has 1 aromatic carbocycles. The van der Waals surface area contributed by atoms with E-state index in [4.69, 9.17) is 4.74 Å². The van der Waals surface area contributed by atoms with Gasteiger partial charge in [-0.15, -0.1) is 0 Å². The molecule has 3 aromatic rings. The number of rotatable bonds is 12. The highest BCUT2D eigenvalue weighted by atomic mass is 19.4. The predicted octanol–water partition coefficient (Wildman–Crippen LogP) is 5.61. The number of nitriles is 1. The molecule has 3 heterocycles. The van der Waals surface area contributed by atoms with Gasteiger partial charge in [0.1, 0.15) is 6.54 Å². The van der Waals surface area contributed by atoms with E-state index in [9.17, 15) is 23.2 Å². The summed E-state index contributed by atoms with van der Waals surface area (Å²) in [4.78, 5) is 20.9. The number of likely N-dealkylation sites (N-methyl/N-ethyl adjacent to an activating group) is 1. The summed E-state index contributed by atoms with van der Waals surface area (Å²) in [5.74, 6) is 6.51. The zero-order chi connectivity index (χ0) is 33.3. The molecule has 11 heteroatoms. The van der Waals surface area contributed by atoms with Gasteiger partial charge in [0.15, 0.2) is 0 Å². The molecule has 1 N–H and O–H groups in total. The van der Waals surface area contributed by atoms with Gasteiger partial charge >= 0.3 is 6.18 Å². The maximum atomic E-state index is 13.5. The quantitative estimate of drug-likeness (QED) is 0.260. The summed E-state index contributed by atoms with van der Waals surface area (Å²) in [6.07, 6.45) is 0.910. The van der Waals surface area contributed by atoms with Crippen LogP contribution in [0.1, 0.15) is 50.1 Å². The minimum absolute atomic E-state index is 0.146. The van der Waals surface area contributed by atoms with Crippen LogP contribution in [-0.4, -0.2) is 84.9 Å². The van der Waals surface area contributed by atoms with Crippen LogP contribution in [0.3, 0.4) is 0 Å². The Balaban J connectivity index is 1.36. The first kappa shape index (κ1) is 34.8. The molecule has 0 aliphatic carbocycles. The lowest BCUT2D eigenvalue weighted by Crippen LogP contribution is -2.43. The number of hydrogen-bond donors (Lipinski definition) is 1. The number of carbonyl (C=O) groups excluding carboxylic acids is 1. The first-order valence-corrected chi connectivity index (χ1v) is 15.6. The standard InChI is InChI=1S/C35H43F3N6O2/c1-34(2,24-39)32-12-10-29(22-41-32)40-15-5-6-30-21-28-20-27(9-11-31(28)44(30)25-35(36,37)38)8-7-26-13-16-43(17-14-26)33(45)23-42(3)18-19-46-4/h9-12,20-22,26,40H,7-8,13-19,23,25H2,1-4H3. The minimum atomic E-state index is -4.39. The van der Waals surface area contributed by atoms with Crippen molar-refractivity contribution in [2.24, 2.45) is 5.92 Å². The van der Waals surface area contributed by atoms with Crippen molar-refractivity contribution in [2.45, 2.75) is 57.7 Å². The van der Waals surface area contributed by atoms with Gasteiger partial charge in [-0.3, -0.25) is 14.7 Å². The number of benzene rings is 1. The number of methoxy groups -OCH3 is 1. The van der Waals surface area contributed by atoms with Gasteiger partial charge in [-0.05, 0) is 94.3 Å². The minimum Gasteiger partial charge on any atom is -0.383 e. The monoisotopic (exact) mass is 636 g/mol. The van der Waals surface area contributed by atoms with Crippen molar-refractivity contribution in [3.63, 3.8) is 0 Å². The molecule has 1 fully saturated rings. The fourth-order valence-electron chi connectivity index (χ4n) is 5.63. The Morgan fingerprint density at radius 3 is 2.59 bits per heavy atom. The number of hydrogen-bond acceptors (Lipinski definition) is 6. The Hall–Kier alpha value is -4.06. The van der Waals surface area contributed by atoms with E-state index >= 15 is 0 Å². The van der Waals surface area contributed by atoms with E-state index in [-0.39, 0.29) is 12.5 Å². The third-order valence-electron chi connectivity index (χ3n) is 8.47. The molecule has 0 unspecified atom stereocenters. The second-order valence-corrected chi connectivity index (χ2v) is 12.5. The average molecular weight is 637 g/mol. The number of anilines is 1. The first-order chi connectivity index (χ1) is 21.9. The van der Waals surface area contributed by atoms with Crippen LogP contribution < -0.4 is 5.32 Å². The molecule has 1 saturated heterocycles. The number of carbonyl (C=O) groups is 1. The van der Waals surface area contributed by atoms with Crippen LogP contribution >= 0.6 is 0 Å². The molecular formula is C35H43F3N6O2. The second kappa shape index (κ2) is 15.5. The van der Waals surface area contributed by atoms with E-state index in [0.29, 0.717) is 48.2 Å². The molecule has 246 valence electrons. The summed E-state index contributed by atoms with van der Waals surface area (Å²) in [5.41, 5.74) is 2.53. The molecule has 4 rings (SSSR count). The molecule has 8 nitrogen and oxygen atoms in total. The van der Waals surface area contributed by atoms with Crippen LogP contribution in [0.15, 0.2) is 42.6 Å². The molecule has 46 heavy (non-hydrogen) atoms. The Kier molecular flexibility index (Phi) is 11.7. The molecule has 1 aliphatic heterocycles. The van der Waals surface area contributed by atoms with E-state index in [1.165, 1.54) is 4.57 Å². The Labute approximate surface area is 269 Å². The van der Waals surface area contributed by atoms with Crippen LogP contribution in [-0.2, 0) is 27.9 Å². The highest BCUT2D eigenvalue weighted by molar-refractivity contribution is 5.83. The molecule has 0 bridgehead atoms. The van der Waals surface area contributed by atoms with E-state index in [0.717, 1.165) is 49.7 Å². The number of aryl methyl sites for hydroxylation is 1. The van der Waals surface area contributed by atoms with Gasteiger partial charge in [-0.2, -0.15) is 18.4 Å². The lowest BCUT2D eigenvalue weighted by atomic mass is 9.90. The highest BCUT2D eigenvalue weighted by Gasteiger charge is 2.30. The van der Waals surface area contributed by atoms with Crippen molar-refractivity contribution >= 4 is 22.5 Å². The van der Waals surface area contributed by atoms with Gasteiger partial charge < -0.3 is 19.5 Å². The number of halogens is 3. The van der Waals surface area contributed by atoms with E-state index < -0.39 is 18.1 Å². The zero-order valence-corrected chi connectivity index (χ0v) is 27.1. The SMILES string of the molecule is COCCN(C)CC(=O)N1CCC(CCc2ccc3c(c2)cc(C#CCNc2ccc(C(C)(C)C#N)nc2)n3CC(F)(F)F)CC1. The predicted molar refractivity (Wildman–Crippen MR) is 173 cm³/mol. The van der Waals surface area contributed by atoms with Crippen LogP contribution in [0, 0.1) is 29.1 Å². The number of likely N-dealkylation sites (tertiary alicyclic amines) is 1. The molecule has 0 atom stereocenters. The lowest BCUT2D eigenvalue weighted by Gasteiger charge is -2.33. The number of piperidine rings is 1. The number of amides is 1. The van der Waals surface area contributed by atoms with Crippen molar-refractivity contribution in [1.29, 1.82) is 5.26 Å². The second-order valence-electron chi connectivity index (χ2n) is 12.5. The smallest absolute Gasteiger partial charge is 0.383 e. The van der Waals surface area contributed by atoms with Crippen molar-refractivity contribution in [1.82, 2.24) is 19.4 Å². The Morgan fingerprint density at radius 1 is 1.17 bits per heavy atom. The van der Waals surface area contributed by atoms with Crippen LogP contribution in [0.2, 0.25) is 0 Å². The summed E-state index contributed by atoms with van der Waals surface area (Å²) in [7, 11) is 3.57. The van der Waals surface area contributed by atoms with Crippen molar-refractivity contribution < 1.29 is 22.7 Å². The zero-order valence-electron chi connectivity index (χ0n) is 27.1. The summed E-state index contributed by atoms with van der Waals surface area (Å²) < 4.78 is 46.9.